The van der Waals surface area contributed by atoms with Gasteiger partial charge >= 0.3 is 0 Å². The van der Waals surface area contributed by atoms with Gasteiger partial charge in [0.2, 0.25) is 11.0 Å². The molecular weight excluding hydrogens is 336 g/mol. The quantitative estimate of drug-likeness (QED) is 0.713. The number of carbonyl (C=O) groups is 1. The van der Waals surface area contributed by atoms with Gasteiger partial charge < -0.3 is 10.6 Å². The molecule has 0 saturated heterocycles. The first-order valence-corrected chi connectivity index (χ1v) is 9.85. The normalized spacial score (nSPS) is 15.5. The van der Waals surface area contributed by atoms with Gasteiger partial charge in [-0.05, 0) is 37.6 Å². The van der Waals surface area contributed by atoms with Crippen LogP contribution in [0.25, 0.3) is 0 Å². The number of hydrogen-bond donors (Lipinski definition) is 2. The largest absolute Gasteiger partial charge is 0.357 e. The zero-order chi connectivity index (χ0) is 15.4. The summed E-state index contributed by atoms with van der Waals surface area (Å²) in [5.74, 6) is 0.0495. The monoisotopic (exact) mass is 354 g/mol. The Labute approximate surface area is 141 Å². The first-order valence-electron chi connectivity index (χ1n) is 7.27. The van der Waals surface area contributed by atoms with Crippen molar-refractivity contribution in [3.8, 4) is 0 Å². The van der Waals surface area contributed by atoms with E-state index in [0.717, 1.165) is 15.9 Å². The Morgan fingerprint density at radius 3 is 3.09 bits per heavy atom. The second-order valence-corrected chi connectivity index (χ2v) is 8.77. The van der Waals surface area contributed by atoms with Crippen LogP contribution in [0.4, 0.5) is 5.13 Å². The molecule has 1 aliphatic rings. The SMILES string of the molecule is CC(Sc1nnc(NC2CC2)s1)C(=O)NCCc1cccs1. The van der Waals surface area contributed by atoms with Gasteiger partial charge in [-0.15, -0.1) is 21.5 Å². The van der Waals surface area contributed by atoms with Gasteiger partial charge in [0, 0.05) is 17.5 Å². The van der Waals surface area contributed by atoms with Crippen LogP contribution in [0.3, 0.4) is 0 Å². The summed E-state index contributed by atoms with van der Waals surface area (Å²) in [6, 6.07) is 4.69. The molecule has 1 fully saturated rings. The maximum Gasteiger partial charge on any atom is 0.233 e. The van der Waals surface area contributed by atoms with Crippen LogP contribution in [0.5, 0.6) is 0 Å². The van der Waals surface area contributed by atoms with Gasteiger partial charge in [-0.1, -0.05) is 29.2 Å². The van der Waals surface area contributed by atoms with Gasteiger partial charge in [0.1, 0.15) is 0 Å². The molecule has 22 heavy (non-hydrogen) atoms. The summed E-state index contributed by atoms with van der Waals surface area (Å²) in [6.07, 6.45) is 3.31. The molecule has 0 bridgehead atoms. The average molecular weight is 355 g/mol. The summed E-state index contributed by atoms with van der Waals surface area (Å²) in [6.45, 7) is 2.58. The number of nitrogens with zero attached hydrogens (tertiary/aromatic N) is 2. The highest BCUT2D eigenvalue weighted by Crippen LogP contribution is 2.32. The molecule has 1 amide bonds. The molecule has 0 spiro atoms. The molecule has 2 aromatic rings. The van der Waals surface area contributed by atoms with Crippen molar-refractivity contribution in [1.29, 1.82) is 0 Å². The number of nitrogens with one attached hydrogen (secondary N) is 2. The van der Waals surface area contributed by atoms with E-state index in [-0.39, 0.29) is 11.2 Å². The van der Waals surface area contributed by atoms with Crippen molar-refractivity contribution in [2.24, 2.45) is 0 Å². The lowest BCUT2D eigenvalue weighted by Crippen LogP contribution is -2.32. The van der Waals surface area contributed by atoms with Crippen molar-refractivity contribution in [2.45, 2.75) is 41.8 Å². The smallest absolute Gasteiger partial charge is 0.233 e. The van der Waals surface area contributed by atoms with Crippen molar-refractivity contribution in [2.75, 3.05) is 11.9 Å². The molecule has 3 rings (SSSR count). The molecule has 1 aliphatic carbocycles. The highest BCUT2D eigenvalue weighted by molar-refractivity contribution is 8.02. The Bertz CT molecular complexity index is 609. The number of aromatic nitrogens is 2. The summed E-state index contributed by atoms with van der Waals surface area (Å²) in [5, 5.41) is 17.3. The molecule has 0 aliphatic heterocycles. The van der Waals surface area contributed by atoms with E-state index in [1.54, 1.807) is 11.3 Å². The van der Waals surface area contributed by atoms with E-state index < -0.39 is 0 Å². The lowest BCUT2D eigenvalue weighted by atomic mass is 10.3. The molecule has 1 atom stereocenters. The molecule has 0 radical (unpaired) electrons. The molecule has 1 unspecified atom stereocenters. The number of carbonyl (C=O) groups excluding carboxylic acids is 1. The molecule has 5 nitrogen and oxygen atoms in total. The minimum Gasteiger partial charge on any atom is -0.357 e. The summed E-state index contributed by atoms with van der Waals surface area (Å²) < 4.78 is 0.837. The summed E-state index contributed by atoms with van der Waals surface area (Å²) in [7, 11) is 0. The fourth-order valence-electron chi connectivity index (χ4n) is 1.83. The number of thiophene rings is 1. The predicted octanol–water partition coefficient (Wildman–Crippen LogP) is 3.01. The van der Waals surface area contributed by atoms with E-state index in [1.165, 1.54) is 40.8 Å². The van der Waals surface area contributed by atoms with Gasteiger partial charge in [-0.2, -0.15) is 0 Å². The minimum atomic E-state index is -0.162. The maximum atomic E-state index is 12.1. The third-order valence-electron chi connectivity index (χ3n) is 3.21. The zero-order valence-corrected chi connectivity index (χ0v) is 14.7. The van der Waals surface area contributed by atoms with Crippen LogP contribution < -0.4 is 10.6 Å². The Morgan fingerprint density at radius 1 is 1.50 bits per heavy atom. The maximum absolute atomic E-state index is 12.1. The van der Waals surface area contributed by atoms with Crippen LogP contribution in [0.2, 0.25) is 0 Å². The van der Waals surface area contributed by atoms with Crippen LogP contribution in [0, 0.1) is 0 Å². The van der Waals surface area contributed by atoms with Crippen molar-refractivity contribution in [3.05, 3.63) is 22.4 Å². The fourth-order valence-corrected chi connectivity index (χ4v) is 4.54. The van der Waals surface area contributed by atoms with Crippen LogP contribution in [0.1, 0.15) is 24.6 Å². The van der Waals surface area contributed by atoms with Gasteiger partial charge in [0.05, 0.1) is 5.25 Å². The van der Waals surface area contributed by atoms with Crippen LogP contribution in [-0.4, -0.2) is 33.9 Å². The lowest BCUT2D eigenvalue weighted by Gasteiger charge is -2.09. The van der Waals surface area contributed by atoms with E-state index in [2.05, 4.69) is 32.3 Å². The van der Waals surface area contributed by atoms with Crippen molar-refractivity contribution in [1.82, 2.24) is 15.5 Å². The summed E-state index contributed by atoms with van der Waals surface area (Å²) >= 11 is 4.70. The second kappa shape index (κ2) is 7.43. The van der Waals surface area contributed by atoms with Crippen LogP contribution in [-0.2, 0) is 11.2 Å². The first-order chi connectivity index (χ1) is 10.7. The Kier molecular flexibility index (Phi) is 5.32. The van der Waals surface area contributed by atoms with E-state index in [4.69, 9.17) is 0 Å². The predicted molar refractivity (Wildman–Crippen MR) is 92.9 cm³/mol. The third-order valence-corrected chi connectivity index (χ3v) is 6.18. The summed E-state index contributed by atoms with van der Waals surface area (Å²) in [4.78, 5) is 13.4. The molecular formula is C14H18N4OS3. The topological polar surface area (TPSA) is 66.9 Å². The Balaban J connectivity index is 1.40. The summed E-state index contributed by atoms with van der Waals surface area (Å²) in [5.41, 5.74) is 0. The number of anilines is 1. The molecule has 2 aromatic heterocycles. The van der Waals surface area contributed by atoms with Gasteiger partial charge in [0.25, 0.3) is 0 Å². The average Bonchev–Trinajstić information content (AvgIpc) is 2.98. The third kappa shape index (κ3) is 4.69. The molecule has 2 heterocycles. The van der Waals surface area contributed by atoms with Crippen LogP contribution in [0.15, 0.2) is 21.9 Å². The van der Waals surface area contributed by atoms with E-state index in [9.17, 15) is 4.79 Å². The van der Waals surface area contributed by atoms with Gasteiger partial charge in [-0.25, -0.2) is 0 Å². The number of hydrogen-bond acceptors (Lipinski definition) is 7. The molecule has 8 heteroatoms. The number of amides is 1. The zero-order valence-electron chi connectivity index (χ0n) is 12.2. The molecule has 2 N–H and O–H groups in total. The van der Waals surface area contributed by atoms with Crippen molar-refractivity contribution in [3.63, 3.8) is 0 Å². The van der Waals surface area contributed by atoms with Gasteiger partial charge in [0.15, 0.2) is 4.34 Å². The van der Waals surface area contributed by atoms with E-state index >= 15 is 0 Å². The highest BCUT2D eigenvalue weighted by Gasteiger charge is 2.23. The minimum absolute atomic E-state index is 0.0495. The second-order valence-electron chi connectivity index (χ2n) is 5.17. The van der Waals surface area contributed by atoms with Crippen molar-refractivity contribution >= 4 is 45.5 Å². The molecule has 118 valence electrons. The number of thioether (sulfide) groups is 1. The van der Waals surface area contributed by atoms with Crippen LogP contribution >= 0.6 is 34.4 Å². The number of rotatable bonds is 8. The van der Waals surface area contributed by atoms with E-state index in [1.807, 2.05) is 13.0 Å². The highest BCUT2D eigenvalue weighted by atomic mass is 32.2. The fraction of sp³-hybridized carbons (Fsp3) is 0.500. The standard InChI is InChI=1S/C14H18N4OS3/c1-9(12(19)15-7-6-11-3-2-8-20-11)21-14-18-17-13(22-14)16-10-4-5-10/h2-3,8-10H,4-7H2,1H3,(H,15,19)(H,16,17). The Hall–Kier alpha value is -1.12. The molecule has 1 saturated carbocycles. The molecule has 0 aromatic carbocycles. The first kappa shape index (κ1) is 15.8. The Morgan fingerprint density at radius 2 is 2.36 bits per heavy atom. The van der Waals surface area contributed by atoms with Gasteiger partial charge in [-0.3, -0.25) is 4.79 Å². The lowest BCUT2D eigenvalue weighted by molar-refractivity contribution is -0.120. The van der Waals surface area contributed by atoms with Crippen molar-refractivity contribution < 1.29 is 4.79 Å². The van der Waals surface area contributed by atoms with E-state index in [0.29, 0.717) is 12.6 Å².